The van der Waals surface area contributed by atoms with Gasteiger partial charge in [-0.15, -0.1) is 0 Å². The van der Waals surface area contributed by atoms with E-state index in [0.717, 1.165) is 15.7 Å². The molecule has 0 radical (unpaired) electrons. The molecule has 0 spiro atoms. The second-order valence-electron chi connectivity index (χ2n) is 4.00. The molecule has 4 heteroatoms. The van der Waals surface area contributed by atoms with E-state index in [0.29, 0.717) is 17.1 Å². The Labute approximate surface area is 119 Å². The molecule has 0 heterocycles. The normalized spacial score (nSPS) is 10.4. The van der Waals surface area contributed by atoms with E-state index in [1.54, 1.807) is 12.1 Å². The van der Waals surface area contributed by atoms with Gasteiger partial charge in [-0.1, -0.05) is 33.6 Å². The lowest BCUT2D eigenvalue weighted by Crippen LogP contribution is -2.03. The Bertz CT molecular complexity index is 570. The number of nitrogens with one attached hydrogen (secondary N) is 1. The van der Waals surface area contributed by atoms with Crippen molar-refractivity contribution in [3.63, 3.8) is 0 Å². The van der Waals surface area contributed by atoms with Gasteiger partial charge in [0.2, 0.25) is 0 Å². The van der Waals surface area contributed by atoms with Crippen LogP contribution in [0.2, 0.25) is 5.02 Å². The molecule has 2 aromatic rings. The first-order chi connectivity index (χ1) is 8.58. The number of benzene rings is 2. The van der Waals surface area contributed by atoms with Crippen LogP contribution in [0.15, 0.2) is 40.9 Å². The van der Waals surface area contributed by atoms with Crippen LogP contribution in [0.3, 0.4) is 0 Å². The SMILES string of the molecule is Cc1c(Br)cccc1NCc1cc(Cl)ccc1F. The number of rotatable bonds is 3. The molecule has 0 aliphatic carbocycles. The van der Waals surface area contributed by atoms with Crippen molar-refractivity contribution in [3.05, 3.63) is 62.8 Å². The van der Waals surface area contributed by atoms with Gasteiger partial charge in [0, 0.05) is 27.3 Å². The summed E-state index contributed by atoms with van der Waals surface area (Å²) in [7, 11) is 0. The molecule has 18 heavy (non-hydrogen) atoms. The summed E-state index contributed by atoms with van der Waals surface area (Å²) in [6.45, 7) is 2.41. The van der Waals surface area contributed by atoms with Crippen LogP contribution in [-0.4, -0.2) is 0 Å². The highest BCUT2D eigenvalue weighted by Gasteiger charge is 2.05. The Morgan fingerprint density at radius 3 is 2.83 bits per heavy atom. The van der Waals surface area contributed by atoms with Crippen molar-refractivity contribution in [2.45, 2.75) is 13.5 Å². The highest BCUT2D eigenvalue weighted by molar-refractivity contribution is 9.10. The Hall–Kier alpha value is -1.06. The largest absolute Gasteiger partial charge is 0.381 e. The Balaban J connectivity index is 2.16. The molecule has 1 nitrogen and oxygen atoms in total. The van der Waals surface area contributed by atoms with Gasteiger partial charge in [-0.3, -0.25) is 0 Å². The van der Waals surface area contributed by atoms with Crippen molar-refractivity contribution in [2.24, 2.45) is 0 Å². The molecule has 2 rings (SSSR count). The van der Waals surface area contributed by atoms with Crippen molar-refractivity contribution < 1.29 is 4.39 Å². The topological polar surface area (TPSA) is 12.0 Å². The summed E-state index contributed by atoms with van der Waals surface area (Å²) >= 11 is 9.32. The van der Waals surface area contributed by atoms with Crippen LogP contribution in [0, 0.1) is 12.7 Å². The van der Waals surface area contributed by atoms with Gasteiger partial charge >= 0.3 is 0 Å². The third-order valence-corrected chi connectivity index (χ3v) is 3.84. The minimum absolute atomic E-state index is 0.250. The molecule has 0 amide bonds. The second-order valence-corrected chi connectivity index (χ2v) is 5.29. The molecule has 94 valence electrons. The maximum absolute atomic E-state index is 13.5. The molecule has 1 N–H and O–H groups in total. The molecule has 0 aliphatic rings. The third kappa shape index (κ3) is 3.03. The predicted molar refractivity (Wildman–Crippen MR) is 77.6 cm³/mol. The van der Waals surface area contributed by atoms with Gasteiger partial charge in [0.25, 0.3) is 0 Å². The van der Waals surface area contributed by atoms with Crippen LogP contribution in [0.1, 0.15) is 11.1 Å². The number of halogens is 3. The fourth-order valence-corrected chi connectivity index (χ4v) is 2.23. The highest BCUT2D eigenvalue weighted by Crippen LogP contribution is 2.24. The summed E-state index contributed by atoms with van der Waals surface area (Å²) in [5.41, 5.74) is 2.63. The zero-order chi connectivity index (χ0) is 13.1. The summed E-state index contributed by atoms with van der Waals surface area (Å²) in [6.07, 6.45) is 0. The van der Waals surface area contributed by atoms with Crippen LogP contribution in [0.25, 0.3) is 0 Å². The van der Waals surface area contributed by atoms with Crippen LogP contribution in [-0.2, 0) is 6.54 Å². The highest BCUT2D eigenvalue weighted by atomic mass is 79.9. The van der Waals surface area contributed by atoms with E-state index in [-0.39, 0.29) is 5.82 Å². The van der Waals surface area contributed by atoms with E-state index in [1.165, 1.54) is 6.07 Å². The average Bonchev–Trinajstić information content (AvgIpc) is 2.35. The van der Waals surface area contributed by atoms with E-state index < -0.39 is 0 Å². The third-order valence-electron chi connectivity index (χ3n) is 2.74. The lowest BCUT2D eigenvalue weighted by atomic mass is 10.1. The first-order valence-corrected chi connectivity index (χ1v) is 6.68. The van der Waals surface area contributed by atoms with Crippen molar-refractivity contribution in [1.29, 1.82) is 0 Å². The monoisotopic (exact) mass is 327 g/mol. The Kier molecular flexibility index (Phi) is 4.25. The Morgan fingerprint density at radius 2 is 2.06 bits per heavy atom. The minimum Gasteiger partial charge on any atom is -0.381 e. The molecule has 0 fully saturated rings. The zero-order valence-electron chi connectivity index (χ0n) is 9.81. The standard InChI is InChI=1S/C14H12BrClFN/c1-9-12(15)3-2-4-14(9)18-8-10-7-11(16)5-6-13(10)17/h2-7,18H,8H2,1H3. The summed E-state index contributed by atoms with van der Waals surface area (Å²) < 4.78 is 14.6. The maximum Gasteiger partial charge on any atom is 0.128 e. The van der Waals surface area contributed by atoms with Crippen LogP contribution < -0.4 is 5.32 Å². The van der Waals surface area contributed by atoms with Gasteiger partial charge < -0.3 is 5.32 Å². The van der Waals surface area contributed by atoms with Crippen LogP contribution in [0.5, 0.6) is 0 Å². The van der Waals surface area contributed by atoms with E-state index in [1.807, 2.05) is 25.1 Å². The Morgan fingerprint density at radius 1 is 1.28 bits per heavy atom. The average molecular weight is 329 g/mol. The van der Waals surface area contributed by atoms with Gasteiger partial charge in [-0.05, 0) is 42.8 Å². The first kappa shape index (κ1) is 13.4. The van der Waals surface area contributed by atoms with Crippen molar-refractivity contribution in [2.75, 3.05) is 5.32 Å². The smallest absolute Gasteiger partial charge is 0.128 e. The summed E-state index contributed by atoms with van der Waals surface area (Å²) in [5, 5.41) is 3.75. The van der Waals surface area contributed by atoms with Gasteiger partial charge in [0.05, 0.1) is 0 Å². The fraction of sp³-hybridized carbons (Fsp3) is 0.143. The molecule has 0 aliphatic heterocycles. The van der Waals surface area contributed by atoms with E-state index in [4.69, 9.17) is 11.6 Å². The van der Waals surface area contributed by atoms with E-state index in [2.05, 4.69) is 21.2 Å². The van der Waals surface area contributed by atoms with Gasteiger partial charge in [0.1, 0.15) is 5.82 Å². The van der Waals surface area contributed by atoms with Crippen molar-refractivity contribution in [3.8, 4) is 0 Å². The summed E-state index contributed by atoms with van der Waals surface area (Å²) in [5.74, 6) is -0.250. The van der Waals surface area contributed by atoms with E-state index in [9.17, 15) is 4.39 Å². The molecular formula is C14H12BrClFN. The maximum atomic E-state index is 13.5. The lowest BCUT2D eigenvalue weighted by Gasteiger charge is -2.11. The van der Waals surface area contributed by atoms with Gasteiger partial charge in [-0.25, -0.2) is 4.39 Å². The van der Waals surface area contributed by atoms with E-state index >= 15 is 0 Å². The van der Waals surface area contributed by atoms with Crippen molar-refractivity contribution >= 4 is 33.2 Å². The zero-order valence-corrected chi connectivity index (χ0v) is 12.1. The molecule has 0 bridgehead atoms. The molecule has 0 saturated carbocycles. The summed E-state index contributed by atoms with van der Waals surface area (Å²) in [4.78, 5) is 0. The van der Waals surface area contributed by atoms with Crippen LogP contribution in [0.4, 0.5) is 10.1 Å². The second kappa shape index (κ2) is 5.72. The lowest BCUT2D eigenvalue weighted by molar-refractivity contribution is 0.613. The van der Waals surface area contributed by atoms with Gasteiger partial charge in [-0.2, -0.15) is 0 Å². The van der Waals surface area contributed by atoms with Crippen molar-refractivity contribution in [1.82, 2.24) is 0 Å². The predicted octanol–water partition coefficient (Wildman–Crippen LogP) is 5.16. The molecule has 2 aromatic carbocycles. The minimum atomic E-state index is -0.250. The molecular weight excluding hydrogens is 317 g/mol. The fourth-order valence-electron chi connectivity index (χ4n) is 1.67. The molecule has 0 atom stereocenters. The molecule has 0 unspecified atom stereocenters. The molecule has 0 saturated heterocycles. The quantitative estimate of drug-likeness (QED) is 0.820. The first-order valence-electron chi connectivity index (χ1n) is 5.51. The van der Waals surface area contributed by atoms with Gasteiger partial charge in [0.15, 0.2) is 0 Å². The number of anilines is 1. The number of hydrogen-bond donors (Lipinski definition) is 1. The number of hydrogen-bond acceptors (Lipinski definition) is 1. The van der Waals surface area contributed by atoms with Crippen LogP contribution >= 0.6 is 27.5 Å². The summed E-state index contributed by atoms with van der Waals surface area (Å²) in [6, 6.07) is 10.4. The molecule has 0 aromatic heterocycles.